The Bertz CT molecular complexity index is 2350. The van der Waals surface area contributed by atoms with E-state index in [0.717, 1.165) is 28.2 Å². The van der Waals surface area contributed by atoms with Gasteiger partial charge in [-0.3, -0.25) is 24.1 Å². The van der Waals surface area contributed by atoms with Crippen molar-refractivity contribution in [1.82, 2.24) is 0 Å². The lowest BCUT2D eigenvalue weighted by molar-refractivity contribution is -0.125. The number of phenolic OH excluding ortho intramolecular Hbond substituents is 1. The van der Waals surface area contributed by atoms with E-state index in [1.54, 1.807) is 63.6 Å². The van der Waals surface area contributed by atoms with Crippen molar-refractivity contribution in [3.05, 3.63) is 125 Å². The first kappa shape index (κ1) is 36.5. The van der Waals surface area contributed by atoms with Gasteiger partial charge >= 0.3 is 0 Å². The third kappa shape index (κ3) is 5.48. The molecule has 12 heteroatoms. The number of phenols is 1. The third-order valence-corrected chi connectivity index (χ3v) is 12.9. The highest BCUT2D eigenvalue weighted by Crippen LogP contribution is 2.66. The molecular formula is C43H35Cl2FN2O7. The molecule has 4 aromatic rings. The van der Waals surface area contributed by atoms with Crippen molar-refractivity contribution in [1.29, 1.82) is 0 Å². The molecule has 3 fully saturated rings. The number of alkyl halides is 2. The van der Waals surface area contributed by atoms with Gasteiger partial charge in [-0.05, 0) is 103 Å². The maximum absolute atomic E-state index is 14.5. The molecule has 2 aliphatic heterocycles. The van der Waals surface area contributed by atoms with Gasteiger partial charge in [0.2, 0.25) is 11.8 Å². The van der Waals surface area contributed by atoms with Crippen LogP contribution in [0.25, 0.3) is 12.2 Å². The van der Waals surface area contributed by atoms with Crippen molar-refractivity contribution >= 4 is 70.4 Å². The Morgan fingerprint density at radius 1 is 0.800 bits per heavy atom. The zero-order valence-corrected chi connectivity index (χ0v) is 31.5. The van der Waals surface area contributed by atoms with Gasteiger partial charge in [0.25, 0.3) is 11.8 Å². The van der Waals surface area contributed by atoms with Gasteiger partial charge in [-0.1, -0.05) is 48.1 Å². The molecule has 9 nitrogen and oxygen atoms in total. The van der Waals surface area contributed by atoms with E-state index in [1.165, 1.54) is 23.1 Å². The summed E-state index contributed by atoms with van der Waals surface area (Å²) in [6, 6.07) is 22.1. The Hall–Kier alpha value is -5.45. The Morgan fingerprint density at radius 2 is 1.49 bits per heavy atom. The summed E-state index contributed by atoms with van der Waals surface area (Å²) in [6.45, 7) is 1.69. The summed E-state index contributed by atoms with van der Waals surface area (Å²) in [5.41, 5.74) is 3.74. The van der Waals surface area contributed by atoms with Crippen molar-refractivity contribution in [2.24, 2.45) is 17.8 Å². The third-order valence-electron chi connectivity index (χ3n) is 11.5. The van der Waals surface area contributed by atoms with Crippen molar-refractivity contribution < 1.29 is 38.1 Å². The average Bonchev–Trinajstić information content (AvgIpc) is 3.52. The molecule has 4 aromatic carbocycles. The fourth-order valence-electron chi connectivity index (χ4n) is 8.78. The molecule has 2 aliphatic carbocycles. The first-order chi connectivity index (χ1) is 26.3. The van der Waals surface area contributed by atoms with Crippen LogP contribution >= 0.6 is 23.2 Å². The normalized spacial score (nSPS) is 27.3. The van der Waals surface area contributed by atoms with Gasteiger partial charge in [-0.2, -0.15) is 0 Å². The monoisotopic (exact) mass is 780 g/mol. The Kier molecular flexibility index (Phi) is 8.89. The predicted octanol–water partition coefficient (Wildman–Crippen LogP) is 7.80. The molecule has 0 aromatic heterocycles. The molecule has 6 unspecified atom stereocenters. The molecule has 8 rings (SSSR count). The van der Waals surface area contributed by atoms with Gasteiger partial charge in [0, 0.05) is 11.5 Å². The Balaban J connectivity index is 1.15. The number of methoxy groups -OCH3 is 2. The second kappa shape index (κ2) is 13.4. The number of hydrogen-bond donors (Lipinski definition) is 1. The molecule has 0 spiro atoms. The van der Waals surface area contributed by atoms with Crippen molar-refractivity contribution in [3.8, 4) is 17.2 Å². The zero-order valence-electron chi connectivity index (χ0n) is 30.0. The number of hydrogen-bond acceptors (Lipinski definition) is 7. The van der Waals surface area contributed by atoms with Gasteiger partial charge in [-0.15, -0.1) is 23.2 Å². The molecule has 1 N–H and O–H groups in total. The number of aryl methyl sites for hydroxylation is 1. The SMILES string of the molecule is COc1ccc(OC)c(C=Cc2ccc(N3C(=O)C4CC=C5C(CC6(Cl)C(=O)N(c7ccc(F)cc7)C(=O)C6(Cl)C5c5ccc(O)c(C)c5)C4C3=O)cc2)c1. The van der Waals surface area contributed by atoms with Gasteiger partial charge in [0.15, 0.2) is 9.75 Å². The minimum absolute atomic E-state index is 0.0186. The van der Waals surface area contributed by atoms with Crippen LogP contribution in [0, 0.1) is 30.5 Å². The van der Waals surface area contributed by atoms with Crippen LogP contribution in [0.15, 0.2) is 96.6 Å². The van der Waals surface area contributed by atoms with Crippen molar-refractivity contribution in [2.45, 2.75) is 35.4 Å². The number of allylic oxidation sites excluding steroid dienone is 2. The standard InChI is InChI=1S/C43H35Cl2FN2O7/c1-23-20-26(8-18-34(23)49)37-31-16-17-32-36(33(31)22-42(44)40(52)48(41(53)43(37,42)45)29-13-9-27(46)10-14-29)39(51)47(38(32)50)28-11-5-24(6-12-28)4-7-25-21-30(54-2)15-19-35(25)55-3/h4-16,18-21,32-33,36-37,49H,17,22H2,1-3H3. The summed E-state index contributed by atoms with van der Waals surface area (Å²) < 4.78 is 24.8. The quantitative estimate of drug-likeness (QED) is 0.0882. The Labute approximate surface area is 326 Å². The van der Waals surface area contributed by atoms with Gasteiger partial charge in [0.1, 0.15) is 23.1 Å². The number of carbonyl (C=O) groups is 4. The molecule has 280 valence electrons. The highest BCUT2D eigenvalue weighted by molar-refractivity contribution is 6.58. The predicted molar refractivity (Wildman–Crippen MR) is 207 cm³/mol. The lowest BCUT2D eigenvalue weighted by Gasteiger charge is -2.50. The number of nitrogens with zero attached hydrogens (tertiary/aromatic N) is 2. The summed E-state index contributed by atoms with van der Waals surface area (Å²) in [5.74, 6) is -4.99. The van der Waals surface area contributed by atoms with E-state index in [0.29, 0.717) is 33.9 Å². The van der Waals surface area contributed by atoms with Crippen LogP contribution in [-0.4, -0.2) is 52.7 Å². The molecule has 4 amide bonds. The maximum atomic E-state index is 14.5. The van der Waals surface area contributed by atoms with Gasteiger partial charge in [0.05, 0.1) is 37.4 Å². The van der Waals surface area contributed by atoms with E-state index >= 15 is 0 Å². The minimum Gasteiger partial charge on any atom is -0.508 e. The summed E-state index contributed by atoms with van der Waals surface area (Å²) >= 11 is 14.9. The number of fused-ring (bicyclic) bond motifs is 4. The molecule has 6 atom stereocenters. The van der Waals surface area contributed by atoms with Gasteiger partial charge in [-0.25, -0.2) is 9.29 Å². The van der Waals surface area contributed by atoms with E-state index in [4.69, 9.17) is 32.7 Å². The van der Waals surface area contributed by atoms with Crippen LogP contribution in [0.2, 0.25) is 0 Å². The number of ether oxygens (including phenoxy) is 2. The highest BCUT2D eigenvalue weighted by Gasteiger charge is 2.76. The molecule has 2 heterocycles. The van der Waals surface area contributed by atoms with E-state index < -0.39 is 57.0 Å². The van der Waals surface area contributed by atoms with Crippen LogP contribution in [0.4, 0.5) is 15.8 Å². The van der Waals surface area contributed by atoms with Crippen LogP contribution in [0.5, 0.6) is 17.2 Å². The highest BCUT2D eigenvalue weighted by atomic mass is 35.5. The number of benzene rings is 4. The van der Waals surface area contributed by atoms with E-state index in [-0.39, 0.29) is 30.2 Å². The zero-order chi connectivity index (χ0) is 39.0. The second-order valence-corrected chi connectivity index (χ2v) is 15.6. The van der Waals surface area contributed by atoms with Crippen molar-refractivity contribution in [3.63, 3.8) is 0 Å². The first-order valence-corrected chi connectivity index (χ1v) is 18.5. The number of anilines is 2. The molecule has 55 heavy (non-hydrogen) atoms. The number of rotatable bonds is 7. The van der Waals surface area contributed by atoms with Crippen LogP contribution < -0.4 is 19.3 Å². The average molecular weight is 782 g/mol. The second-order valence-electron chi connectivity index (χ2n) is 14.3. The summed E-state index contributed by atoms with van der Waals surface area (Å²) in [5, 5.41) is 10.4. The molecule has 2 saturated heterocycles. The molecule has 4 aliphatic rings. The minimum atomic E-state index is -2.07. The molecule has 1 saturated carbocycles. The lowest BCUT2D eigenvalue weighted by Crippen LogP contribution is -2.60. The van der Waals surface area contributed by atoms with E-state index in [1.807, 2.05) is 30.4 Å². The Morgan fingerprint density at radius 3 is 2.16 bits per heavy atom. The largest absolute Gasteiger partial charge is 0.508 e. The summed E-state index contributed by atoms with van der Waals surface area (Å²) in [4.78, 5) is 55.6. The molecule has 0 radical (unpaired) electrons. The summed E-state index contributed by atoms with van der Waals surface area (Å²) in [7, 11) is 3.17. The lowest BCUT2D eigenvalue weighted by atomic mass is 9.56. The number of imide groups is 2. The maximum Gasteiger partial charge on any atom is 0.258 e. The fourth-order valence-corrected chi connectivity index (χ4v) is 9.71. The number of aromatic hydroxyl groups is 1. The van der Waals surface area contributed by atoms with Crippen LogP contribution in [0.1, 0.15) is 41.0 Å². The first-order valence-electron chi connectivity index (χ1n) is 17.7. The molecule has 0 bridgehead atoms. The van der Waals surface area contributed by atoms with Crippen LogP contribution in [-0.2, 0) is 19.2 Å². The number of carbonyl (C=O) groups excluding carboxylic acids is 4. The number of amides is 4. The van der Waals surface area contributed by atoms with E-state index in [2.05, 4.69) is 0 Å². The molecular weight excluding hydrogens is 746 g/mol. The van der Waals surface area contributed by atoms with Crippen molar-refractivity contribution in [2.75, 3.05) is 24.0 Å². The van der Waals surface area contributed by atoms with Crippen LogP contribution in [0.3, 0.4) is 0 Å². The topological polar surface area (TPSA) is 113 Å². The summed E-state index contributed by atoms with van der Waals surface area (Å²) in [6.07, 6.45) is 5.61. The smallest absolute Gasteiger partial charge is 0.258 e. The van der Waals surface area contributed by atoms with E-state index in [9.17, 15) is 28.7 Å². The number of halogens is 3. The fraction of sp³-hybridized carbons (Fsp3) is 0.256. The van der Waals surface area contributed by atoms with Gasteiger partial charge < -0.3 is 14.6 Å².